The highest BCUT2D eigenvalue weighted by atomic mass is 16.5. The van der Waals surface area contributed by atoms with Crippen LogP contribution in [0, 0.1) is 11.8 Å². The summed E-state index contributed by atoms with van der Waals surface area (Å²) in [5.41, 5.74) is 0.933. The van der Waals surface area contributed by atoms with E-state index in [1.54, 1.807) is 0 Å². The van der Waals surface area contributed by atoms with Crippen molar-refractivity contribution in [3.05, 3.63) is 35.9 Å². The summed E-state index contributed by atoms with van der Waals surface area (Å²) >= 11 is 0. The molecule has 2 N–H and O–H groups in total. The van der Waals surface area contributed by atoms with Gasteiger partial charge in [0.15, 0.2) is 0 Å². The molecule has 0 spiro atoms. The van der Waals surface area contributed by atoms with E-state index in [9.17, 15) is 9.90 Å². The van der Waals surface area contributed by atoms with E-state index in [2.05, 4.69) is 5.32 Å². The summed E-state index contributed by atoms with van der Waals surface area (Å²) < 4.78 is 5.33. The molecule has 1 aromatic carbocycles. The number of hydrogen-bond acceptors (Lipinski definition) is 3. The van der Waals surface area contributed by atoms with E-state index in [1.165, 1.54) is 0 Å². The zero-order valence-electron chi connectivity index (χ0n) is 11.9. The summed E-state index contributed by atoms with van der Waals surface area (Å²) in [6.07, 6.45) is 1.87. The van der Waals surface area contributed by atoms with Gasteiger partial charge in [-0.2, -0.15) is 0 Å². The minimum absolute atomic E-state index is 0.0137. The molecule has 1 heterocycles. The van der Waals surface area contributed by atoms with Crippen molar-refractivity contribution in [2.75, 3.05) is 19.8 Å². The molecular weight excluding hydrogens is 254 g/mol. The number of hydrogen-bond donors (Lipinski definition) is 2. The highest BCUT2D eigenvalue weighted by Crippen LogP contribution is 2.24. The molecule has 1 fully saturated rings. The van der Waals surface area contributed by atoms with Crippen LogP contribution in [0.3, 0.4) is 0 Å². The number of aliphatic hydroxyl groups is 1. The molecule has 0 unspecified atom stereocenters. The maximum Gasteiger partial charge on any atom is 0.223 e. The van der Waals surface area contributed by atoms with Crippen molar-refractivity contribution in [2.24, 2.45) is 11.8 Å². The van der Waals surface area contributed by atoms with E-state index in [4.69, 9.17) is 4.74 Å². The lowest BCUT2D eigenvalue weighted by molar-refractivity contribution is -0.128. The molecule has 2 atom stereocenters. The van der Waals surface area contributed by atoms with Gasteiger partial charge in [0.1, 0.15) is 0 Å². The minimum atomic E-state index is -0.328. The van der Waals surface area contributed by atoms with Gasteiger partial charge in [0.05, 0.1) is 12.6 Å². The number of carbonyl (C=O) groups excluding carboxylic acids is 1. The number of carbonyl (C=O) groups is 1. The lowest BCUT2D eigenvalue weighted by atomic mass is 9.86. The minimum Gasteiger partial charge on any atom is -0.394 e. The van der Waals surface area contributed by atoms with E-state index in [1.807, 2.05) is 37.3 Å². The Kier molecular flexibility index (Phi) is 5.56. The van der Waals surface area contributed by atoms with E-state index in [0.717, 1.165) is 31.6 Å². The molecule has 0 aliphatic carbocycles. The molecule has 4 heteroatoms. The predicted molar refractivity (Wildman–Crippen MR) is 77.1 cm³/mol. The predicted octanol–water partition coefficient (Wildman–Crippen LogP) is 1.90. The van der Waals surface area contributed by atoms with Crippen LogP contribution in [-0.2, 0) is 9.53 Å². The maximum absolute atomic E-state index is 12.3. The van der Waals surface area contributed by atoms with Crippen LogP contribution in [0.4, 0.5) is 0 Å². The van der Waals surface area contributed by atoms with Crippen molar-refractivity contribution in [1.82, 2.24) is 5.32 Å². The van der Waals surface area contributed by atoms with Crippen molar-refractivity contribution < 1.29 is 14.6 Å². The normalized spacial score (nSPS) is 19.3. The maximum atomic E-state index is 12.3. The number of ether oxygens (including phenoxy) is 1. The quantitative estimate of drug-likeness (QED) is 0.864. The lowest BCUT2D eigenvalue weighted by Crippen LogP contribution is -2.38. The van der Waals surface area contributed by atoms with Gasteiger partial charge < -0.3 is 15.2 Å². The number of amides is 1. The SMILES string of the molecule is C[C@H](C(=O)N[C@H](CO)c1ccccc1)C1CCOCC1. The second kappa shape index (κ2) is 7.41. The fourth-order valence-corrected chi connectivity index (χ4v) is 2.65. The van der Waals surface area contributed by atoms with E-state index in [-0.39, 0.29) is 24.5 Å². The Morgan fingerprint density at radius 1 is 1.35 bits per heavy atom. The molecule has 1 amide bonds. The number of benzene rings is 1. The Morgan fingerprint density at radius 2 is 2.00 bits per heavy atom. The monoisotopic (exact) mass is 277 g/mol. The first-order valence-corrected chi connectivity index (χ1v) is 7.26. The van der Waals surface area contributed by atoms with E-state index in [0.29, 0.717) is 5.92 Å². The van der Waals surface area contributed by atoms with Gasteiger partial charge in [-0.05, 0) is 24.3 Å². The summed E-state index contributed by atoms with van der Waals surface area (Å²) in [6, 6.07) is 9.24. The summed E-state index contributed by atoms with van der Waals surface area (Å²) in [4.78, 5) is 12.3. The molecule has 1 saturated heterocycles. The summed E-state index contributed by atoms with van der Waals surface area (Å²) in [7, 11) is 0. The van der Waals surface area contributed by atoms with Gasteiger partial charge in [0, 0.05) is 19.1 Å². The Labute approximate surface area is 120 Å². The van der Waals surface area contributed by atoms with Crippen LogP contribution in [0.5, 0.6) is 0 Å². The molecule has 4 nitrogen and oxygen atoms in total. The van der Waals surface area contributed by atoms with Crippen molar-refractivity contribution in [1.29, 1.82) is 0 Å². The standard InChI is InChI=1S/C16H23NO3/c1-12(13-7-9-20-10-8-13)16(19)17-15(11-18)14-5-3-2-4-6-14/h2-6,12-13,15,18H,7-11H2,1H3,(H,17,19)/t12-,15+/m0/s1. The molecule has 1 aromatic rings. The fourth-order valence-electron chi connectivity index (χ4n) is 2.65. The third-order valence-electron chi connectivity index (χ3n) is 4.09. The van der Waals surface area contributed by atoms with E-state index < -0.39 is 0 Å². The third-order valence-corrected chi connectivity index (χ3v) is 4.09. The third kappa shape index (κ3) is 3.81. The number of rotatable bonds is 5. The topological polar surface area (TPSA) is 58.6 Å². The van der Waals surface area contributed by atoms with Crippen LogP contribution in [0.2, 0.25) is 0 Å². The summed E-state index contributed by atoms with van der Waals surface area (Å²) in [5, 5.41) is 12.4. The molecule has 110 valence electrons. The average Bonchev–Trinajstić information content (AvgIpc) is 2.53. The Morgan fingerprint density at radius 3 is 2.60 bits per heavy atom. The van der Waals surface area contributed by atoms with Crippen molar-refractivity contribution in [3.63, 3.8) is 0 Å². The Bertz CT molecular complexity index is 415. The summed E-state index contributed by atoms with van der Waals surface area (Å²) in [5.74, 6) is 0.343. The van der Waals surface area contributed by atoms with Gasteiger partial charge in [-0.3, -0.25) is 4.79 Å². The average molecular weight is 277 g/mol. The van der Waals surface area contributed by atoms with E-state index >= 15 is 0 Å². The highest BCUT2D eigenvalue weighted by molar-refractivity contribution is 5.79. The van der Waals surface area contributed by atoms with Crippen LogP contribution in [0.15, 0.2) is 30.3 Å². The molecule has 0 bridgehead atoms. The van der Waals surface area contributed by atoms with Crippen LogP contribution >= 0.6 is 0 Å². The first kappa shape index (κ1) is 15.0. The smallest absolute Gasteiger partial charge is 0.223 e. The first-order valence-electron chi connectivity index (χ1n) is 7.26. The van der Waals surface area contributed by atoms with Crippen LogP contribution in [0.1, 0.15) is 31.4 Å². The largest absolute Gasteiger partial charge is 0.394 e. The van der Waals surface area contributed by atoms with Gasteiger partial charge >= 0.3 is 0 Å². The number of nitrogens with one attached hydrogen (secondary N) is 1. The van der Waals surface area contributed by atoms with Gasteiger partial charge in [0.25, 0.3) is 0 Å². The van der Waals surface area contributed by atoms with Gasteiger partial charge in [0.2, 0.25) is 5.91 Å². The molecule has 0 radical (unpaired) electrons. The fraction of sp³-hybridized carbons (Fsp3) is 0.562. The second-order valence-corrected chi connectivity index (χ2v) is 5.39. The highest BCUT2D eigenvalue weighted by Gasteiger charge is 2.27. The molecular formula is C16H23NO3. The first-order chi connectivity index (χ1) is 9.72. The number of aliphatic hydroxyl groups excluding tert-OH is 1. The second-order valence-electron chi connectivity index (χ2n) is 5.39. The zero-order valence-corrected chi connectivity index (χ0v) is 11.9. The molecule has 20 heavy (non-hydrogen) atoms. The van der Waals surface area contributed by atoms with Crippen LogP contribution < -0.4 is 5.32 Å². The molecule has 2 rings (SSSR count). The summed E-state index contributed by atoms with van der Waals surface area (Å²) in [6.45, 7) is 3.36. The van der Waals surface area contributed by atoms with Crippen molar-refractivity contribution >= 4 is 5.91 Å². The van der Waals surface area contributed by atoms with Gasteiger partial charge in [-0.25, -0.2) is 0 Å². The zero-order chi connectivity index (χ0) is 14.4. The lowest BCUT2D eigenvalue weighted by Gasteiger charge is -2.28. The molecule has 0 aromatic heterocycles. The van der Waals surface area contributed by atoms with Crippen LogP contribution in [0.25, 0.3) is 0 Å². The van der Waals surface area contributed by atoms with Crippen molar-refractivity contribution in [3.8, 4) is 0 Å². The molecule has 1 aliphatic rings. The Hall–Kier alpha value is -1.39. The van der Waals surface area contributed by atoms with Gasteiger partial charge in [-0.1, -0.05) is 37.3 Å². The molecule has 0 saturated carbocycles. The Balaban J connectivity index is 1.94. The van der Waals surface area contributed by atoms with Gasteiger partial charge in [-0.15, -0.1) is 0 Å². The van der Waals surface area contributed by atoms with Crippen molar-refractivity contribution in [2.45, 2.75) is 25.8 Å². The van der Waals surface area contributed by atoms with Crippen LogP contribution in [-0.4, -0.2) is 30.8 Å². The molecule has 1 aliphatic heterocycles.